The van der Waals surface area contributed by atoms with Gasteiger partial charge in [-0.2, -0.15) is 0 Å². The minimum Gasteiger partial charge on any atom is -0.397 e. The Hall–Kier alpha value is -0.380. The van der Waals surface area contributed by atoms with Crippen molar-refractivity contribution >= 4 is 40.7 Å². The molecule has 5 heteroatoms. The molecule has 0 spiro atoms. The number of anilines is 1. The van der Waals surface area contributed by atoms with E-state index in [-0.39, 0.29) is 0 Å². The summed E-state index contributed by atoms with van der Waals surface area (Å²) < 4.78 is 0. The van der Waals surface area contributed by atoms with Crippen LogP contribution in [0.4, 0.5) is 5.69 Å². The summed E-state index contributed by atoms with van der Waals surface area (Å²) in [6.07, 6.45) is 3.30. The van der Waals surface area contributed by atoms with Crippen LogP contribution in [0.1, 0.15) is 0 Å². The maximum atomic E-state index is 5.72. The Kier molecular flexibility index (Phi) is 4.42. The molecule has 2 nitrogen and oxygen atoms in total. The number of halogens is 2. The summed E-state index contributed by atoms with van der Waals surface area (Å²) in [4.78, 5) is 4.84. The molecule has 0 saturated heterocycles. The molecule has 0 saturated carbocycles. The second-order valence-corrected chi connectivity index (χ2v) is 3.98. The lowest BCUT2D eigenvalue weighted by atomic mass is 10.4. The Morgan fingerprint density at radius 1 is 1.69 bits per heavy atom. The van der Waals surface area contributed by atoms with Gasteiger partial charge in [0, 0.05) is 27.4 Å². The van der Waals surface area contributed by atoms with Gasteiger partial charge in [0.05, 0.1) is 11.9 Å². The number of aromatic nitrogens is 1. The van der Waals surface area contributed by atoms with Gasteiger partial charge in [0.25, 0.3) is 0 Å². The van der Waals surface area contributed by atoms with Crippen molar-refractivity contribution in [3.05, 3.63) is 29.0 Å². The molecular weight excluding hydrogens is 227 g/mol. The van der Waals surface area contributed by atoms with Gasteiger partial charge in [-0.3, -0.25) is 4.98 Å². The lowest BCUT2D eigenvalue weighted by Crippen LogP contribution is -1.89. The molecule has 0 amide bonds. The first-order valence-electron chi connectivity index (χ1n) is 3.51. The Morgan fingerprint density at radius 3 is 3.08 bits per heavy atom. The molecule has 1 aromatic rings. The van der Waals surface area contributed by atoms with Gasteiger partial charge in [0.15, 0.2) is 0 Å². The van der Waals surface area contributed by atoms with Crippen LogP contribution in [-0.2, 0) is 0 Å². The first kappa shape index (κ1) is 10.7. The average Bonchev–Trinajstić information content (AvgIpc) is 2.16. The van der Waals surface area contributed by atoms with Crippen LogP contribution in [0, 0.1) is 0 Å². The monoisotopic (exact) mass is 234 g/mol. The minimum absolute atomic E-state index is 0.600. The summed E-state index contributed by atoms with van der Waals surface area (Å²) in [7, 11) is 0. The zero-order valence-corrected chi connectivity index (χ0v) is 9.03. The standard InChI is InChI=1S/C8H8Cl2N2S/c9-3-6(10)5-13-8-1-2-12-4-7(8)11/h1-4H,5,11H2. The highest BCUT2D eigenvalue weighted by Gasteiger charge is 1.99. The Bertz CT molecular complexity index is 315. The maximum absolute atomic E-state index is 5.72. The number of hydrogen-bond acceptors (Lipinski definition) is 3. The summed E-state index contributed by atoms with van der Waals surface area (Å²) >= 11 is 12.7. The molecule has 0 atom stereocenters. The van der Waals surface area contributed by atoms with Crippen LogP contribution >= 0.6 is 35.0 Å². The smallest absolute Gasteiger partial charge is 0.0638 e. The fourth-order valence-electron chi connectivity index (χ4n) is 0.704. The number of nitrogen functional groups attached to an aromatic ring is 1. The molecule has 1 heterocycles. The zero-order valence-electron chi connectivity index (χ0n) is 6.71. The van der Waals surface area contributed by atoms with E-state index in [4.69, 9.17) is 28.9 Å². The van der Waals surface area contributed by atoms with Crippen LogP contribution in [0.5, 0.6) is 0 Å². The second-order valence-electron chi connectivity index (χ2n) is 2.26. The highest BCUT2D eigenvalue weighted by atomic mass is 35.5. The Balaban J connectivity index is 2.60. The van der Waals surface area contributed by atoms with Crippen LogP contribution in [0.3, 0.4) is 0 Å². The normalized spacial score (nSPS) is 11.7. The van der Waals surface area contributed by atoms with Crippen LogP contribution < -0.4 is 5.73 Å². The molecular formula is C8H8Cl2N2S. The molecule has 70 valence electrons. The number of hydrogen-bond donors (Lipinski definition) is 1. The van der Waals surface area contributed by atoms with E-state index < -0.39 is 0 Å². The average molecular weight is 235 g/mol. The van der Waals surface area contributed by atoms with Gasteiger partial charge in [0.1, 0.15) is 0 Å². The molecule has 1 aromatic heterocycles. The summed E-state index contributed by atoms with van der Waals surface area (Å²) in [5.74, 6) is 0.624. The summed E-state index contributed by atoms with van der Waals surface area (Å²) in [6, 6.07) is 1.85. The molecule has 0 radical (unpaired) electrons. The van der Waals surface area contributed by atoms with Crippen molar-refractivity contribution in [3.8, 4) is 0 Å². The topological polar surface area (TPSA) is 38.9 Å². The number of nitrogens with two attached hydrogens (primary N) is 1. The highest BCUT2D eigenvalue weighted by Crippen LogP contribution is 2.26. The first-order chi connectivity index (χ1) is 6.24. The number of nitrogens with zero attached hydrogens (tertiary/aromatic N) is 1. The first-order valence-corrected chi connectivity index (χ1v) is 5.31. The molecule has 0 bridgehead atoms. The third-order valence-corrected chi connectivity index (χ3v) is 3.21. The Morgan fingerprint density at radius 2 is 2.46 bits per heavy atom. The predicted octanol–water partition coefficient (Wildman–Crippen LogP) is 3.07. The van der Waals surface area contributed by atoms with E-state index in [1.54, 1.807) is 12.4 Å². The van der Waals surface area contributed by atoms with Crippen LogP contribution in [0.15, 0.2) is 33.9 Å². The van der Waals surface area contributed by atoms with Gasteiger partial charge in [-0.05, 0) is 6.07 Å². The molecule has 0 aliphatic rings. The van der Waals surface area contributed by atoms with Gasteiger partial charge >= 0.3 is 0 Å². The van der Waals surface area contributed by atoms with E-state index in [1.165, 1.54) is 17.3 Å². The Labute approximate surface area is 91.1 Å². The van der Waals surface area contributed by atoms with Gasteiger partial charge < -0.3 is 5.73 Å². The maximum Gasteiger partial charge on any atom is 0.0638 e. The summed E-state index contributed by atoms with van der Waals surface area (Å²) in [6.45, 7) is 0. The van der Waals surface area contributed by atoms with Crippen molar-refractivity contribution in [1.29, 1.82) is 0 Å². The van der Waals surface area contributed by atoms with Gasteiger partial charge in [-0.1, -0.05) is 23.2 Å². The largest absolute Gasteiger partial charge is 0.397 e. The van der Waals surface area contributed by atoms with E-state index in [9.17, 15) is 0 Å². The summed E-state index contributed by atoms with van der Waals surface area (Å²) in [5, 5.41) is 0.600. The fraction of sp³-hybridized carbons (Fsp3) is 0.125. The van der Waals surface area contributed by atoms with Crippen molar-refractivity contribution in [1.82, 2.24) is 4.98 Å². The SMILES string of the molecule is Nc1cnccc1SCC(Cl)=CCl. The molecule has 0 aromatic carbocycles. The van der Waals surface area contributed by atoms with Crippen LogP contribution in [-0.4, -0.2) is 10.7 Å². The molecule has 0 fully saturated rings. The van der Waals surface area contributed by atoms with Gasteiger partial charge in [0.2, 0.25) is 0 Å². The molecule has 13 heavy (non-hydrogen) atoms. The summed E-state index contributed by atoms with van der Waals surface area (Å²) in [5.41, 5.74) is 7.68. The third kappa shape index (κ3) is 3.46. The van der Waals surface area contributed by atoms with E-state index in [2.05, 4.69) is 4.98 Å². The third-order valence-electron chi connectivity index (χ3n) is 1.29. The zero-order chi connectivity index (χ0) is 9.68. The lowest BCUT2D eigenvalue weighted by Gasteiger charge is -2.02. The number of pyridine rings is 1. The predicted molar refractivity (Wildman–Crippen MR) is 59.2 cm³/mol. The highest BCUT2D eigenvalue weighted by molar-refractivity contribution is 7.99. The van der Waals surface area contributed by atoms with Crippen molar-refractivity contribution in [3.63, 3.8) is 0 Å². The van der Waals surface area contributed by atoms with Gasteiger partial charge in [-0.25, -0.2) is 0 Å². The second kappa shape index (κ2) is 5.37. The number of thioether (sulfide) groups is 1. The van der Waals surface area contributed by atoms with Crippen LogP contribution in [0.25, 0.3) is 0 Å². The molecule has 0 aliphatic heterocycles. The van der Waals surface area contributed by atoms with Crippen molar-refractivity contribution in [2.45, 2.75) is 4.90 Å². The lowest BCUT2D eigenvalue weighted by molar-refractivity contribution is 1.27. The van der Waals surface area contributed by atoms with Gasteiger partial charge in [-0.15, -0.1) is 11.8 Å². The van der Waals surface area contributed by atoms with E-state index in [1.807, 2.05) is 6.07 Å². The molecule has 0 unspecified atom stereocenters. The molecule has 0 aliphatic carbocycles. The molecule has 2 N–H and O–H groups in total. The quantitative estimate of drug-likeness (QED) is 0.818. The van der Waals surface area contributed by atoms with Crippen molar-refractivity contribution in [2.24, 2.45) is 0 Å². The number of rotatable bonds is 3. The molecule has 1 rings (SSSR count). The van der Waals surface area contributed by atoms with Crippen molar-refractivity contribution in [2.75, 3.05) is 11.5 Å². The fourth-order valence-corrected chi connectivity index (χ4v) is 1.79. The van der Waals surface area contributed by atoms with Crippen LogP contribution in [0.2, 0.25) is 0 Å². The van der Waals surface area contributed by atoms with E-state index >= 15 is 0 Å². The van der Waals surface area contributed by atoms with E-state index in [0.717, 1.165) is 4.90 Å². The van der Waals surface area contributed by atoms with E-state index in [0.29, 0.717) is 16.5 Å². The van der Waals surface area contributed by atoms with Crippen molar-refractivity contribution < 1.29 is 0 Å². The minimum atomic E-state index is 0.600.